The van der Waals surface area contributed by atoms with Gasteiger partial charge in [-0.3, -0.25) is 14.4 Å². The predicted octanol–water partition coefficient (Wildman–Crippen LogP) is 4.84. The molecule has 2 amide bonds. The van der Waals surface area contributed by atoms with Gasteiger partial charge in [-0.1, -0.05) is 32.9 Å². The zero-order valence-corrected chi connectivity index (χ0v) is 26.7. The molecule has 2 aromatic carbocycles. The average Bonchev–Trinajstić information content (AvgIpc) is 3.06. The van der Waals surface area contributed by atoms with Gasteiger partial charge in [0.15, 0.2) is 0 Å². The number of ether oxygens (including phenoxy) is 1. The number of aromatic nitrogens is 2. The highest BCUT2D eigenvalue weighted by Crippen LogP contribution is 2.32. The van der Waals surface area contributed by atoms with E-state index in [4.69, 9.17) is 10.1 Å². The van der Waals surface area contributed by atoms with E-state index in [-0.39, 0.29) is 34.0 Å². The molecule has 1 fully saturated rings. The van der Waals surface area contributed by atoms with Crippen molar-refractivity contribution in [1.82, 2.24) is 14.5 Å². The number of amides is 2. The van der Waals surface area contributed by atoms with Crippen molar-refractivity contribution < 1.29 is 23.8 Å². The van der Waals surface area contributed by atoms with Gasteiger partial charge < -0.3 is 35.4 Å². The Labute approximate surface area is 271 Å². The van der Waals surface area contributed by atoms with Crippen LogP contribution in [0.25, 0.3) is 11.1 Å². The van der Waals surface area contributed by atoms with Crippen LogP contribution in [-0.4, -0.2) is 63.9 Å². The van der Waals surface area contributed by atoms with Crippen molar-refractivity contribution in [3.63, 3.8) is 0 Å². The molecule has 0 saturated carbocycles. The molecule has 47 heavy (non-hydrogen) atoms. The van der Waals surface area contributed by atoms with Crippen LogP contribution in [0.2, 0.25) is 0 Å². The highest BCUT2D eigenvalue weighted by molar-refractivity contribution is 6.10. The van der Waals surface area contributed by atoms with E-state index in [0.717, 1.165) is 6.21 Å². The summed E-state index contributed by atoms with van der Waals surface area (Å²) in [7, 11) is 1.59. The minimum Gasteiger partial charge on any atom is -0.392 e. The lowest BCUT2D eigenvalue weighted by Gasteiger charge is -2.26. The second-order valence-electron chi connectivity index (χ2n) is 12.3. The van der Waals surface area contributed by atoms with E-state index in [1.165, 1.54) is 16.8 Å². The van der Waals surface area contributed by atoms with E-state index in [1.54, 1.807) is 60.6 Å². The summed E-state index contributed by atoms with van der Waals surface area (Å²) in [6.45, 7) is 7.26. The molecule has 0 spiro atoms. The molecule has 0 atom stereocenters. The van der Waals surface area contributed by atoms with Crippen molar-refractivity contribution in [1.29, 1.82) is 5.41 Å². The normalized spacial score (nSPS) is 13.3. The molecule has 1 saturated heterocycles. The van der Waals surface area contributed by atoms with Gasteiger partial charge in [0.25, 0.3) is 17.4 Å². The third kappa shape index (κ3) is 7.13. The molecule has 4 N–H and O–H groups in total. The number of aryl methyl sites for hydroxylation is 1. The monoisotopic (exact) mass is 640 g/mol. The van der Waals surface area contributed by atoms with Crippen LogP contribution in [0.1, 0.15) is 58.2 Å². The Morgan fingerprint density at radius 3 is 2.49 bits per heavy atom. The first-order chi connectivity index (χ1) is 22.4. The van der Waals surface area contributed by atoms with E-state index < -0.39 is 23.7 Å². The summed E-state index contributed by atoms with van der Waals surface area (Å²) in [5.41, 5.74) is 2.06. The van der Waals surface area contributed by atoms with Gasteiger partial charge in [0.2, 0.25) is 0 Å². The smallest absolute Gasteiger partial charge is 0.274 e. The molecule has 5 rings (SSSR count). The Balaban J connectivity index is 1.43. The molecule has 3 heterocycles. The van der Waals surface area contributed by atoms with Crippen molar-refractivity contribution in [3.8, 4) is 11.1 Å². The minimum absolute atomic E-state index is 0.134. The summed E-state index contributed by atoms with van der Waals surface area (Å²) < 4.78 is 22.0. The van der Waals surface area contributed by atoms with Crippen LogP contribution in [-0.2, 0) is 23.8 Å². The van der Waals surface area contributed by atoms with Crippen LogP contribution in [0, 0.1) is 11.2 Å². The fourth-order valence-corrected chi connectivity index (χ4v) is 5.37. The standard InChI is InChI=1S/C35H37FN6O5/c1-35(2,3)24-14-22(17-37)31(27(36)16-24)32(44)40-28-7-5-6-25(26(28)20-43)23-15-29(34(46)41(4)19-23)39-30-9-8-21(18-38-30)33(45)42-10-12-47-13-11-42/h5-9,14-19,37,43H,10-13,20H2,1-4H3,(H,38,39)(H,40,44). The summed E-state index contributed by atoms with van der Waals surface area (Å²) in [4.78, 5) is 45.3. The lowest BCUT2D eigenvalue weighted by atomic mass is 9.85. The molecule has 1 aliphatic rings. The predicted molar refractivity (Wildman–Crippen MR) is 178 cm³/mol. The quantitative estimate of drug-likeness (QED) is 0.201. The number of nitrogens with one attached hydrogen (secondary N) is 3. The first kappa shape index (κ1) is 33.2. The van der Waals surface area contributed by atoms with Crippen LogP contribution in [0.3, 0.4) is 0 Å². The van der Waals surface area contributed by atoms with Crippen LogP contribution < -0.4 is 16.2 Å². The van der Waals surface area contributed by atoms with E-state index in [2.05, 4.69) is 15.6 Å². The summed E-state index contributed by atoms with van der Waals surface area (Å²) in [5.74, 6) is -1.32. The first-order valence-electron chi connectivity index (χ1n) is 15.1. The zero-order chi connectivity index (χ0) is 33.9. The van der Waals surface area contributed by atoms with Crippen molar-refractivity contribution in [2.75, 3.05) is 36.9 Å². The SMILES string of the molecule is Cn1cc(-c2cccc(NC(=O)c3c(F)cc(C(C)(C)C)cc3C=N)c2CO)cc(Nc2ccc(C(=O)N3CCOCC3)cn2)c1=O. The topological polar surface area (TPSA) is 150 Å². The summed E-state index contributed by atoms with van der Waals surface area (Å²) in [6, 6.07) is 12.8. The number of hydrogen-bond donors (Lipinski definition) is 4. The molecule has 1 aliphatic heterocycles. The van der Waals surface area contributed by atoms with Gasteiger partial charge in [-0.15, -0.1) is 0 Å². The second-order valence-corrected chi connectivity index (χ2v) is 12.3. The Bertz CT molecular complexity index is 1890. The molecular formula is C35H37FN6O5. The maximum Gasteiger partial charge on any atom is 0.274 e. The highest BCUT2D eigenvalue weighted by Gasteiger charge is 2.24. The molecule has 0 radical (unpaired) electrons. The highest BCUT2D eigenvalue weighted by atomic mass is 19.1. The number of pyridine rings is 2. The van der Waals surface area contributed by atoms with Crippen LogP contribution in [0.4, 0.5) is 21.6 Å². The van der Waals surface area contributed by atoms with Crippen molar-refractivity contribution in [2.45, 2.75) is 32.8 Å². The molecule has 2 aromatic heterocycles. The van der Waals surface area contributed by atoms with Crippen molar-refractivity contribution in [3.05, 3.63) is 105 Å². The molecular weight excluding hydrogens is 603 g/mol. The number of aliphatic hydroxyl groups is 1. The van der Waals surface area contributed by atoms with Crippen molar-refractivity contribution in [2.24, 2.45) is 7.05 Å². The first-order valence-corrected chi connectivity index (χ1v) is 15.1. The van der Waals surface area contributed by atoms with E-state index >= 15 is 4.39 Å². The number of halogens is 1. The number of nitrogens with zero attached hydrogens (tertiary/aromatic N) is 3. The largest absolute Gasteiger partial charge is 0.392 e. The average molecular weight is 641 g/mol. The summed E-state index contributed by atoms with van der Waals surface area (Å²) in [5, 5.41) is 24.0. The number of morpholine rings is 1. The number of rotatable bonds is 8. The Morgan fingerprint density at radius 2 is 1.85 bits per heavy atom. The van der Waals surface area contributed by atoms with E-state index in [9.17, 15) is 19.5 Å². The fraction of sp³-hybridized carbons (Fsp3) is 0.286. The third-order valence-electron chi connectivity index (χ3n) is 8.02. The molecule has 244 valence electrons. The van der Waals surface area contributed by atoms with Gasteiger partial charge in [0.05, 0.1) is 30.9 Å². The van der Waals surface area contributed by atoms with Gasteiger partial charge in [-0.25, -0.2) is 9.37 Å². The lowest BCUT2D eigenvalue weighted by molar-refractivity contribution is 0.0302. The van der Waals surface area contributed by atoms with Gasteiger partial charge in [0, 0.05) is 61.1 Å². The van der Waals surface area contributed by atoms with Gasteiger partial charge in [-0.05, 0) is 52.9 Å². The molecule has 0 aliphatic carbocycles. The van der Waals surface area contributed by atoms with Crippen LogP contribution in [0.15, 0.2) is 65.7 Å². The van der Waals surface area contributed by atoms with Crippen LogP contribution >= 0.6 is 0 Å². The molecule has 0 bridgehead atoms. The lowest BCUT2D eigenvalue weighted by Crippen LogP contribution is -2.40. The number of hydrogen-bond acceptors (Lipinski definition) is 8. The molecule has 12 heteroatoms. The number of carbonyl (C=O) groups is 2. The minimum atomic E-state index is -0.766. The third-order valence-corrected chi connectivity index (χ3v) is 8.02. The Morgan fingerprint density at radius 1 is 1.11 bits per heavy atom. The number of anilines is 3. The van der Waals surface area contributed by atoms with E-state index in [1.807, 2.05) is 20.8 Å². The maximum atomic E-state index is 15.3. The molecule has 4 aromatic rings. The Hall–Kier alpha value is -5.20. The van der Waals surface area contributed by atoms with E-state index in [0.29, 0.717) is 59.9 Å². The fourth-order valence-electron chi connectivity index (χ4n) is 5.37. The molecule has 0 unspecified atom stereocenters. The van der Waals surface area contributed by atoms with Gasteiger partial charge >= 0.3 is 0 Å². The van der Waals surface area contributed by atoms with Gasteiger partial charge in [-0.2, -0.15) is 0 Å². The van der Waals surface area contributed by atoms with Crippen molar-refractivity contribution >= 4 is 35.2 Å². The molecule has 11 nitrogen and oxygen atoms in total. The summed E-state index contributed by atoms with van der Waals surface area (Å²) in [6.07, 6.45) is 4.00. The zero-order valence-electron chi connectivity index (χ0n) is 26.7. The maximum absolute atomic E-state index is 15.3. The van der Waals surface area contributed by atoms with Gasteiger partial charge in [0.1, 0.15) is 17.3 Å². The van der Waals surface area contributed by atoms with Crippen LogP contribution in [0.5, 0.6) is 0 Å². The second kappa shape index (κ2) is 13.7. The summed E-state index contributed by atoms with van der Waals surface area (Å²) >= 11 is 0. The number of aliphatic hydroxyl groups excluding tert-OH is 1. The number of benzene rings is 2. The Kier molecular flexibility index (Phi) is 9.64. The number of carbonyl (C=O) groups excluding carboxylic acids is 2.